The molecule has 0 N–H and O–H groups in total. The average molecular weight is 308 g/mol. The lowest BCUT2D eigenvalue weighted by Gasteiger charge is -2.44. The number of pyridine rings is 1. The number of aromatic nitrogens is 1. The van der Waals surface area contributed by atoms with Crippen LogP contribution in [-0.2, 0) is 0 Å². The summed E-state index contributed by atoms with van der Waals surface area (Å²) in [5.74, 6) is 1.62. The van der Waals surface area contributed by atoms with Crippen LogP contribution < -0.4 is 4.74 Å². The van der Waals surface area contributed by atoms with Crippen LogP contribution in [0.1, 0.15) is 24.0 Å². The molecule has 3 heteroatoms. The molecule has 4 heterocycles. The normalized spacial score (nSPS) is 26.3. The maximum atomic E-state index is 6.23. The van der Waals surface area contributed by atoms with Gasteiger partial charge in [0.2, 0.25) is 0 Å². The first-order valence-corrected chi connectivity index (χ1v) is 8.62. The molecule has 5 rings (SSSR count). The van der Waals surface area contributed by atoms with E-state index in [1.807, 2.05) is 6.20 Å². The number of nitrogens with zero attached hydrogens (tertiary/aromatic N) is 2. The number of hydrogen-bond donors (Lipinski definition) is 0. The Morgan fingerprint density at radius 3 is 2.57 bits per heavy atom. The van der Waals surface area contributed by atoms with Crippen LogP contribution in [0.25, 0.3) is 11.3 Å². The van der Waals surface area contributed by atoms with Crippen molar-refractivity contribution in [2.75, 3.05) is 19.6 Å². The largest absolute Gasteiger partial charge is 0.487 e. The number of rotatable bonds is 3. The Labute approximate surface area is 138 Å². The molecule has 3 nitrogen and oxygen atoms in total. The van der Waals surface area contributed by atoms with E-state index in [2.05, 4.69) is 54.1 Å². The first kappa shape index (κ1) is 14.7. The first-order valence-electron chi connectivity index (χ1n) is 8.62. The summed E-state index contributed by atoms with van der Waals surface area (Å²) < 4.78 is 6.23. The van der Waals surface area contributed by atoms with Crippen LogP contribution in [0.4, 0.5) is 0 Å². The van der Waals surface area contributed by atoms with E-state index in [0.29, 0.717) is 6.10 Å². The van der Waals surface area contributed by atoms with Gasteiger partial charge in [-0.15, -0.1) is 0 Å². The Morgan fingerprint density at radius 1 is 1.09 bits per heavy atom. The zero-order valence-electron chi connectivity index (χ0n) is 14.0. The maximum Gasteiger partial charge on any atom is 0.138 e. The summed E-state index contributed by atoms with van der Waals surface area (Å²) in [7, 11) is 0. The molecule has 1 aromatic heterocycles. The fourth-order valence-electron chi connectivity index (χ4n) is 3.86. The molecule has 2 aromatic rings. The molecule has 3 aliphatic heterocycles. The number of hydrogen-bond acceptors (Lipinski definition) is 3. The van der Waals surface area contributed by atoms with Crippen molar-refractivity contribution < 1.29 is 4.74 Å². The van der Waals surface area contributed by atoms with Crippen LogP contribution in [0.3, 0.4) is 0 Å². The van der Waals surface area contributed by atoms with Crippen LogP contribution in [0.2, 0.25) is 0 Å². The second-order valence-electron chi connectivity index (χ2n) is 6.92. The summed E-state index contributed by atoms with van der Waals surface area (Å²) in [5.41, 5.74) is 4.83. The summed E-state index contributed by atoms with van der Waals surface area (Å²) in [5, 5.41) is 0. The lowest BCUT2D eigenvalue weighted by molar-refractivity contribution is -0.00791. The Bertz CT molecular complexity index is 687. The van der Waals surface area contributed by atoms with Gasteiger partial charge >= 0.3 is 0 Å². The van der Waals surface area contributed by atoms with E-state index >= 15 is 0 Å². The summed E-state index contributed by atoms with van der Waals surface area (Å²) in [6, 6.07) is 10.5. The minimum atomic E-state index is 0.339. The zero-order valence-corrected chi connectivity index (χ0v) is 14.0. The predicted molar refractivity (Wildman–Crippen MR) is 92.7 cm³/mol. The van der Waals surface area contributed by atoms with Crippen molar-refractivity contribution >= 4 is 0 Å². The molecule has 0 amide bonds. The fraction of sp³-hybridized carbons (Fsp3) is 0.450. The van der Waals surface area contributed by atoms with Crippen molar-refractivity contribution in [1.29, 1.82) is 0 Å². The van der Waals surface area contributed by atoms with Crippen molar-refractivity contribution in [1.82, 2.24) is 9.88 Å². The van der Waals surface area contributed by atoms with E-state index in [0.717, 1.165) is 23.9 Å². The molecule has 1 atom stereocenters. The topological polar surface area (TPSA) is 25.4 Å². The summed E-state index contributed by atoms with van der Waals surface area (Å²) >= 11 is 0. The highest BCUT2D eigenvalue weighted by atomic mass is 16.5. The number of ether oxygens (including phenoxy) is 1. The molecule has 3 saturated heterocycles. The van der Waals surface area contributed by atoms with Gasteiger partial charge in [-0.3, -0.25) is 9.88 Å². The molecule has 0 spiro atoms. The highest BCUT2D eigenvalue weighted by Gasteiger charge is 2.35. The third kappa shape index (κ3) is 2.86. The van der Waals surface area contributed by atoms with Crippen LogP contribution >= 0.6 is 0 Å². The maximum absolute atomic E-state index is 6.23. The summed E-state index contributed by atoms with van der Waals surface area (Å²) in [4.78, 5) is 7.16. The first-order chi connectivity index (χ1) is 11.2. The zero-order chi connectivity index (χ0) is 15.8. The van der Waals surface area contributed by atoms with Crippen molar-refractivity contribution in [3.8, 4) is 17.0 Å². The monoisotopic (exact) mass is 308 g/mol. The van der Waals surface area contributed by atoms with Crippen LogP contribution in [0.15, 0.2) is 36.5 Å². The summed E-state index contributed by atoms with van der Waals surface area (Å²) in [6.45, 7) is 7.86. The van der Waals surface area contributed by atoms with Gasteiger partial charge in [-0.1, -0.05) is 18.2 Å². The Hall–Kier alpha value is -1.87. The van der Waals surface area contributed by atoms with Gasteiger partial charge in [0.1, 0.15) is 11.9 Å². The predicted octanol–water partition coefficient (Wildman–Crippen LogP) is 3.84. The van der Waals surface area contributed by atoms with E-state index < -0.39 is 0 Å². The smallest absolute Gasteiger partial charge is 0.138 e. The van der Waals surface area contributed by atoms with Gasteiger partial charge < -0.3 is 4.74 Å². The molecule has 1 aromatic carbocycles. The second-order valence-corrected chi connectivity index (χ2v) is 6.92. The lowest BCUT2D eigenvalue weighted by Crippen LogP contribution is -2.52. The molecule has 0 saturated carbocycles. The van der Waals surface area contributed by atoms with E-state index in [1.54, 1.807) is 0 Å². The van der Waals surface area contributed by atoms with Gasteiger partial charge in [-0.05, 0) is 69.0 Å². The van der Waals surface area contributed by atoms with E-state index in [-0.39, 0.29) is 0 Å². The molecule has 3 fully saturated rings. The minimum Gasteiger partial charge on any atom is -0.487 e. The SMILES string of the molecule is Cc1cccc(-c2ccc(OC3CN4CCC3CC4)cn2)c1C. The van der Waals surface area contributed by atoms with Gasteiger partial charge in [0.15, 0.2) is 0 Å². The highest BCUT2D eigenvalue weighted by molar-refractivity contribution is 5.65. The Morgan fingerprint density at radius 2 is 1.91 bits per heavy atom. The number of piperidine rings is 3. The van der Waals surface area contributed by atoms with Crippen LogP contribution in [-0.4, -0.2) is 35.6 Å². The number of benzene rings is 1. The minimum absolute atomic E-state index is 0.339. The quantitative estimate of drug-likeness (QED) is 0.861. The van der Waals surface area contributed by atoms with Gasteiger partial charge in [0.25, 0.3) is 0 Å². The van der Waals surface area contributed by atoms with E-state index in [1.165, 1.54) is 42.6 Å². The molecule has 0 aliphatic carbocycles. The highest BCUT2D eigenvalue weighted by Crippen LogP contribution is 2.31. The van der Waals surface area contributed by atoms with Gasteiger partial charge in [0, 0.05) is 12.1 Å². The fourth-order valence-corrected chi connectivity index (χ4v) is 3.86. The van der Waals surface area contributed by atoms with Crippen molar-refractivity contribution in [3.63, 3.8) is 0 Å². The van der Waals surface area contributed by atoms with Crippen LogP contribution in [0.5, 0.6) is 5.75 Å². The molecule has 3 aliphatic rings. The molecular weight excluding hydrogens is 284 g/mol. The molecule has 23 heavy (non-hydrogen) atoms. The average Bonchev–Trinajstić information content (AvgIpc) is 2.59. The standard InChI is InChI=1S/C20H24N2O/c1-14-4-3-5-18(15(14)2)19-7-6-17(12-21-19)23-20-13-22-10-8-16(20)9-11-22/h3-7,12,16,20H,8-11,13H2,1-2H3. The van der Waals surface area contributed by atoms with Crippen molar-refractivity contribution in [2.45, 2.75) is 32.8 Å². The molecule has 0 radical (unpaired) electrons. The molecule has 2 bridgehead atoms. The number of fused-ring (bicyclic) bond motifs is 3. The van der Waals surface area contributed by atoms with Gasteiger partial charge in [0.05, 0.1) is 11.9 Å². The molecule has 120 valence electrons. The van der Waals surface area contributed by atoms with Crippen molar-refractivity contribution in [3.05, 3.63) is 47.7 Å². The number of aryl methyl sites for hydroxylation is 1. The Balaban J connectivity index is 1.51. The second kappa shape index (κ2) is 5.97. The molecule has 1 unspecified atom stereocenters. The van der Waals surface area contributed by atoms with Gasteiger partial charge in [-0.2, -0.15) is 0 Å². The van der Waals surface area contributed by atoms with Crippen molar-refractivity contribution in [2.24, 2.45) is 5.92 Å². The van der Waals surface area contributed by atoms with Gasteiger partial charge in [-0.25, -0.2) is 0 Å². The summed E-state index contributed by atoms with van der Waals surface area (Å²) in [6.07, 6.45) is 4.78. The van der Waals surface area contributed by atoms with Crippen LogP contribution in [0, 0.1) is 19.8 Å². The van der Waals surface area contributed by atoms with E-state index in [9.17, 15) is 0 Å². The Kier molecular flexibility index (Phi) is 3.82. The lowest BCUT2D eigenvalue weighted by atomic mass is 9.86. The third-order valence-electron chi connectivity index (χ3n) is 5.50. The third-order valence-corrected chi connectivity index (χ3v) is 5.50. The van der Waals surface area contributed by atoms with E-state index in [4.69, 9.17) is 4.74 Å². The molecular formula is C20H24N2O.